The van der Waals surface area contributed by atoms with Crippen molar-refractivity contribution < 1.29 is 4.79 Å². The lowest BCUT2D eigenvalue weighted by molar-refractivity contribution is 0.102. The lowest BCUT2D eigenvalue weighted by Crippen LogP contribution is -2.23. The molecular weight excluding hydrogens is 414 g/mol. The molecule has 0 spiro atoms. The summed E-state index contributed by atoms with van der Waals surface area (Å²) in [7, 11) is 4.12. The molecule has 3 heterocycles. The van der Waals surface area contributed by atoms with Crippen molar-refractivity contribution in [2.45, 2.75) is 26.3 Å². The maximum Gasteiger partial charge on any atom is 0.257 e. The fourth-order valence-corrected chi connectivity index (χ4v) is 4.79. The van der Waals surface area contributed by atoms with Crippen LogP contribution in [0.3, 0.4) is 0 Å². The number of anilines is 2. The molecule has 5 rings (SSSR count). The highest BCUT2D eigenvalue weighted by Crippen LogP contribution is 2.32. The topological polar surface area (TPSA) is 84.2 Å². The number of hydrogen-bond donors (Lipinski definition) is 3. The summed E-state index contributed by atoms with van der Waals surface area (Å²) in [6.07, 6.45) is 4.31. The molecule has 0 bridgehead atoms. The number of hydrogen-bond acceptors (Lipinski definition) is 4. The molecule has 1 aliphatic heterocycles. The van der Waals surface area contributed by atoms with E-state index in [0.717, 1.165) is 65.5 Å². The molecule has 170 valence electrons. The van der Waals surface area contributed by atoms with Gasteiger partial charge in [-0.2, -0.15) is 0 Å². The van der Waals surface area contributed by atoms with Gasteiger partial charge in [-0.05, 0) is 75.3 Å². The van der Waals surface area contributed by atoms with E-state index in [-0.39, 0.29) is 11.5 Å². The first-order valence-electron chi connectivity index (χ1n) is 11.4. The van der Waals surface area contributed by atoms with Crippen LogP contribution in [0.25, 0.3) is 21.8 Å². The first-order valence-corrected chi connectivity index (χ1v) is 11.4. The normalized spacial score (nSPS) is 14.0. The third kappa shape index (κ3) is 4.12. The smallest absolute Gasteiger partial charge is 0.257 e. The number of rotatable bonds is 5. The summed E-state index contributed by atoms with van der Waals surface area (Å²) >= 11 is 0. The SMILES string of the molecule is Cc1cc(=O)[nH]c2ccc(NC(=O)c3cc4[nH]cc(CN(C)C)c4cc3N3CCCC3)cc12. The predicted molar refractivity (Wildman–Crippen MR) is 134 cm³/mol. The molecule has 2 aromatic heterocycles. The second-order valence-electron chi connectivity index (χ2n) is 9.19. The Hall–Kier alpha value is -3.58. The molecule has 0 aliphatic carbocycles. The fourth-order valence-electron chi connectivity index (χ4n) is 4.79. The Labute approximate surface area is 192 Å². The number of aryl methyl sites for hydroxylation is 1. The van der Waals surface area contributed by atoms with Gasteiger partial charge in [-0.15, -0.1) is 0 Å². The van der Waals surface area contributed by atoms with Gasteiger partial charge in [-0.3, -0.25) is 9.59 Å². The van der Waals surface area contributed by atoms with E-state index in [1.807, 2.05) is 37.4 Å². The summed E-state index contributed by atoms with van der Waals surface area (Å²) in [6, 6.07) is 11.3. The van der Waals surface area contributed by atoms with E-state index in [1.54, 1.807) is 6.07 Å². The number of benzene rings is 2. The molecule has 0 unspecified atom stereocenters. The molecule has 4 aromatic rings. The predicted octanol–water partition coefficient (Wildman–Crippen LogP) is 4.23. The van der Waals surface area contributed by atoms with E-state index >= 15 is 0 Å². The first kappa shape index (κ1) is 21.3. The summed E-state index contributed by atoms with van der Waals surface area (Å²) in [4.78, 5) is 35.9. The van der Waals surface area contributed by atoms with Gasteiger partial charge >= 0.3 is 0 Å². The van der Waals surface area contributed by atoms with Crippen molar-refractivity contribution in [2.75, 3.05) is 37.4 Å². The quantitative estimate of drug-likeness (QED) is 0.431. The Morgan fingerprint density at radius 1 is 1.06 bits per heavy atom. The van der Waals surface area contributed by atoms with Crippen LogP contribution in [0.5, 0.6) is 0 Å². The second kappa shape index (κ2) is 8.41. The summed E-state index contributed by atoms with van der Waals surface area (Å²) in [5.41, 5.74) is 6.06. The molecule has 7 heteroatoms. The van der Waals surface area contributed by atoms with Gasteiger partial charge in [0.15, 0.2) is 0 Å². The molecule has 1 saturated heterocycles. The lowest BCUT2D eigenvalue weighted by atomic mass is 10.0. The number of fused-ring (bicyclic) bond motifs is 2. The van der Waals surface area contributed by atoms with Crippen LogP contribution in [0, 0.1) is 6.92 Å². The van der Waals surface area contributed by atoms with Gasteiger partial charge in [-0.25, -0.2) is 0 Å². The Morgan fingerprint density at radius 3 is 2.61 bits per heavy atom. The summed E-state index contributed by atoms with van der Waals surface area (Å²) in [5.74, 6) is -0.135. The number of aromatic amines is 2. The maximum absolute atomic E-state index is 13.5. The van der Waals surface area contributed by atoms with Gasteiger partial charge < -0.3 is 25.1 Å². The van der Waals surface area contributed by atoms with Crippen LogP contribution in [0.4, 0.5) is 11.4 Å². The van der Waals surface area contributed by atoms with E-state index in [2.05, 4.69) is 45.2 Å². The van der Waals surface area contributed by atoms with E-state index in [1.165, 1.54) is 5.56 Å². The summed E-state index contributed by atoms with van der Waals surface area (Å²) in [6.45, 7) is 4.66. The number of carbonyl (C=O) groups excluding carboxylic acids is 1. The summed E-state index contributed by atoms with van der Waals surface area (Å²) < 4.78 is 0. The molecule has 1 aliphatic rings. The largest absolute Gasteiger partial charge is 0.371 e. The highest BCUT2D eigenvalue weighted by Gasteiger charge is 2.22. The van der Waals surface area contributed by atoms with Gasteiger partial charge in [0.2, 0.25) is 5.56 Å². The molecule has 7 nitrogen and oxygen atoms in total. The molecule has 0 atom stereocenters. The molecular formula is C26H29N5O2. The number of nitrogens with one attached hydrogen (secondary N) is 3. The van der Waals surface area contributed by atoms with Gasteiger partial charge in [0.25, 0.3) is 5.91 Å². The van der Waals surface area contributed by atoms with Crippen LogP contribution in [0.2, 0.25) is 0 Å². The zero-order valence-electron chi connectivity index (χ0n) is 19.3. The van der Waals surface area contributed by atoms with Crippen molar-refractivity contribution in [3.63, 3.8) is 0 Å². The average Bonchev–Trinajstić information content (AvgIpc) is 3.43. The molecule has 33 heavy (non-hydrogen) atoms. The molecule has 0 saturated carbocycles. The van der Waals surface area contributed by atoms with E-state index in [4.69, 9.17) is 0 Å². The minimum atomic E-state index is -0.135. The van der Waals surface area contributed by atoms with Crippen molar-refractivity contribution in [3.05, 3.63) is 69.6 Å². The number of amides is 1. The fraction of sp³-hybridized carbons (Fsp3) is 0.308. The molecule has 1 amide bonds. The third-order valence-electron chi connectivity index (χ3n) is 6.37. The number of nitrogens with zero attached hydrogens (tertiary/aromatic N) is 2. The van der Waals surface area contributed by atoms with Gasteiger partial charge in [0.05, 0.1) is 11.3 Å². The van der Waals surface area contributed by atoms with Crippen molar-refractivity contribution in [2.24, 2.45) is 0 Å². The highest BCUT2D eigenvalue weighted by atomic mass is 16.1. The molecule has 1 fully saturated rings. The Kier molecular flexibility index (Phi) is 5.42. The average molecular weight is 444 g/mol. The van der Waals surface area contributed by atoms with Crippen molar-refractivity contribution in [1.29, 1.82) is 0 Å². The minimum absolute atomic E-state index is 0.125. The molecule has 0 radical (unpaired) electrons. The number of carbonyl (C=O) groups is 1. The van der Waals surface area contributed by atoms with Crippen LogP contribution in [-0.4, -0.2) is 48.0 Å². The number of H-pyrrole nitrogens is 2. The highest BCUT2D eigenvalue weighted by molar-refractivity contribution is 6.11. The Morgan fingerprint density at radius 2 is 1.85 bits per heavy atom. The van der Waals surface area contributed by atoms with Crippen molar-refractivity contribution >= 4 is 39.1 Å². The summed E-state index contributed by atoms with van der Waals surface area (Å²) in [5, 5.41) is 5.16. The van der Waals surface area contributed by atoms with Crippen LogP contribution in [0.15, 0.2) is 47.4 Å². The van der Waals surface area contributed by atoms with Crippen molar-refractivity contribution in [1.82, 2.24) is 14.9 Å². The van der Waals surface area contributed by atoms with Crippen LogP contribution in [-0.2, 0) is 6.54 Å². The minimum Gasteiger partial charge on any atom is -0.371 e. The Bertz CT molecular complexity index is 1410. The van der Waals surface area contributed by atoms with E-state index in [0.29, 0.717) is 11.3 Å². The van der Waals surface area contributed by atoms with Gasteiger partial charge in [0, 0.05) is 59.4 Å². The third-order valence-corrected chi connectivity index (χ3v) is 6.37. The van der Waals surface area contributed by atoms with Crippen molar-refractivity contribution in [3.8, 4) is 0 Å². The second-order valence-corrected chi connectivity index (χ2v) is 9.19. The zero-order valence-corrected chi connectivity index (χ0v) is 19.3. The monoisotopic (exact) mass is 443 g/mol. The molecule has 2 aromatic carbocycles. The van der Waals surface area contributed by atoms with E-state index in [9.17, 15) is 9.59 Å². The standard InChI is InChI=1S/C26H29N5O2/c1-16-10-25(32)29-22-7-6-18(11-19(16)22)28-26(33)21-12-23-20(17(14-27-23)15-30(2)3)13-24(21)31-8-4-5-9-31/h6-7,10-14,27H,4-5,8-9,15H2,1-3H3,(H,28,33)(H,29,32). The van der Waals surface area contributed by atoms with Crippen LogP contribution in [0.1, 0.15) is 34.3 Å². The van der Waals surface area contributed by atoms with Crippen LogP contribution < -0.4 is 15.8 Å². The Balaban J connectivity index is 1.54. The number of aromatic nitrogens is 2. The van der Waals surface area contributed by atoms with E-state index < -0.39 is 0 Å². The van der Waals surface area contributed by atoms with Crippen LogP contribution >= 0.6 is 0 Å². The molecule has 3 N–H and O–H groups in total. The van der Waals surface area contributed by atoms with Gasteiger partial charge in [-0.1, -0.05) is 0 Å². The maximum atomic E-state index is 13.5. The first-order chi connectivity index (χ1) is 15.9. The number of pyridine rings is 1. The zero-order chi connectivity index (χ0) is 23.1. The van der Waals surface area contributed by atoms with Gasteiger partial charge in [0.1, 0.15) is 0 Å². The lowest BCUT2D eigenvalue weighted by Gasteiger charge is -2.22.